The highest BCUT2D eigenvalue weighted by atomic mass is 15.0. The molecule has 2 nitrogen and oxygen atoms in total. The van der Waals surface area contributed by atoms with Crippen LogP contribution in [-0.4, -0.2) is 4.57 Å². The molecule has 0 amide bonds. The van der Waals surface area contributed by atoms with Gasteiger partial charge in [-0.25, -0.2) is 0 Å². The van der Waals surface area contributed by atoms with Gasteiger partial charge in [0.25, 0.3) is 0 Å². The van der Waals surface area contributed by atoms with Gasteiger partial charge >= 0.3 is 0 Å². The van der Waals surface area contributed by atoms with Crippen LogP contribution >= 0.6 is 0 Å². The van der Waals surface area contributed by atoms with Crippen LogP contribution in [0.1, 0.15) is 24.2 Å². The molecule has 2 rings (SSSR count). The Hall–Kier alpha value is -1.28. The molecule has 0 saturated carbocycles. The summed E-state index contributed by atoms with van der Waals surface area (Å²) in [5, 5.41) is 1.28. The summed E-state index contributed by atoms with van der Waals surface area (Å²) in [5.41, 5.74) is 9.69. The van der Waals surface area contributed by atoms with Crippen LogP contribution in [0.2, 0.25) is 0 Å². The minimum Gasteiger partial charge on any atom is -0.346 e. The third-order valence-corrected chi connectivity index (χ3v) is 2.76. The molecule has 14 heavy (non-hydrogen) atoms. The molecule has 0 fully saturated rings. The van der Waals surface area contributed by atoms with Crippen LogP contribution < -0.4 is 5.73 Å². The molecule has 74 valence electrons. The fourth-order valence-electron chi connectivity index (χ4n) is 2.08. The number of hydrogen-bond acceptors (Lipinski definition) is 1. The Bertz CT molecular complexity index is 466. The molecular formula is C12H16N2. The lowest BCUT2D eigenvalue weighted by molar-refractivity contribution is 0.726. The van der Waals surface area contributed by atoms with E-state index in [1.807, 2.05) is 6.92 Å². The van der Waals surface area contributed by atoms with Gasteiger partial charge in [0, 0.05) is 24.2 Å². The van der Waals surface area contributed by atoms with Crippen molar-refractivity contribution < 1.29 is 0 Å². The molecule has 0 saturated heterocycles. The van der Waals surface area contributed by atoms with Crippen molar-refractivity contribution in [1.29, 1.82) is 0 Å². The highest BCUT2D eigenvalue weighted by Gasteiger charge is 2.09. The second kappa shape index (κ2) is 3.14. The molecule has 0 unspecified atom stereocenters. The van der Waals surface area contributed by atoms with Crippen LogP contribution in [0.25, 0.3) is 10.9 Å². The number of nitrogens with two attached hydrogens (primary N) is 1. The van der Waals surface area contributed by atoms with Gasteiger partial charge in [0.2, 0.25) is 0 Å². The Morgan fingerprint density at radius 3 is 2.64 bits per heavy atom. The van der Waals surface area contributed by atoms with E-state index in [1.54, 1.807) is 0 Å². The second-order valence-corrected chi connectivity index (χ2v) is 3.93. The number of aromatic nitrogens is 1. The molecule has 1 atom stereocenters. The summed E-state index contributed by atoms with van der Waals surface area (Å²) in [7, 11) is 2.08. The average molecular weight is 188 g/mol. The van der Waals surface area contributed by atoms with E-state index in [1.165, 1.54) is 22.2 Å². The summed E-state index contributed by atoms with van der Waals surface area (Å²) in [5.74, 6) is 0. The largest absolute Gasteiger partial charge is 0.346 e. The fraction of sp³-hybridized carbons (Fsp3) is 0.333. The third kappa shape index (κ3) is 1.23. The zero-order valence-electron chi connectivity index (χ0n) is 8.91. The number of para-hydroxylation sites is 1. The summed E-state index contributed by atoms with van der Waals surface area (Å²) in [6.07, 6.45) is 0. The van der Waals surface area contributed by atoms with Gasteiger partial charge in [-0.1, -0.05) is 18.2 Å². The number of hydrogen-bond donors (Lipinski definition) is 1. The third-order valence-electron chi connectivity index (χ3n) is 2.76. The van der Waals surface area contributed by atoms with E-state index < -0.39 is 0 Å². The maximum absolute atomic E-state index is 5.91. The topological polar surface area (TPSA) is 30.9 Å². The fourth-order valence-corrected chi connectivity index (χ4v) is 2.08. The molecule has 0 radical (unpaired) electrons. The molecule has 0 aliphatic rings. The molecule has 0 spiro atoms. The highest BCUT2D eigenvalue weighted by Crippen LogP contribution is 2.24. The average Bonchev–Trinajstić information content (AvgIpc) is 2.45. The summed E-state index contributed by atoms with van der Waals surface area (Å²) >= 11 is 0. The van der Waals surface area contributed by atoms with Crippen molar-refractivity contribution in [2.75, 3.05) is 0 Å². The SMILES string of the molecule is Cc1cccc2cc([C@@H](C)N)n(C)c12. The van der Waals surface area contributed by atoms with Gasteiger partial charge in [0.1, 0.15) is 0 Å². The summed E-state index contributed by atoms with van der Waals surface area (Å²) in [4.78, 5) is 0. The Kier molecular flexibility index (Phi) is 2.08. The van der Waals surface area contributed by atoms with Gasteiger partial charge in [-0.2, -0.15) is 0 Å². The molecule has 0 bridgehead atoms. The lowest BCUT2D eigenvalue weighted by Gasteiger charge is -2.08. The first-order chi connectivity index (χ1) is 6.61. The van der Waals surface area contributed by atoms with Gasteiger partial charge in [-0.05, 0) is 25.5 Å². The minimum absolute atomic E-state index is 0.0896. The Balaban J connectivity index is 2.81. The monoisotopic (exact) mass is 188 g/mol. The maximum atomic E-state index is 5.91. The van der Waals surface area contributed by atoms with Crippen LogP contribution in [0.3, 0.4) is 0 Å². The molecule has 0 aliphatic carbocycles. The second-order valence-electron chi connectivity index (χ2n) is 3.93. The number of benzene rings is 1. The van der Waals surface area contributed by atoms with Crippen molar-refractivity contribution >= 4 is 10.9 Å². The van der Waals surface area contributed by atoms with Crippen LogP contribution in [0, 0.1) is 6.92 Å². The summed E-state index contributed by atoms with van der Waals surface area (Å²) in [6, 6.07) is 8.61. The summed E-state index contributed by atoms with van der Waals surface area (Å²) < 4.78 is 2.19. The van der Waals surface area contributed by atoms with E-state index in [4.69, 9.17) is 5.73 Å². The van der Waals surface area contributed by atoms with Crippen LogP contribution in [0.15, 0.2) is 24.3 Å². The molecule has 2 aromatic rings. The first-order valence-corrected chi connectivity index (χ1v) is 4.92. The van der Waals surface area contributed by atoms with Crippen LogP contribution in [-0.2, 0) is 7.05 Å². The minimum atomic E-state index is 0.0896. The van der Waals surface area contributed by atoms with E-state index >= 15 is 0 Å². The molecular weight excluding hydrogens is 172 g/mol. The molecule has 2 N–H and O–H groups in total. The Morgan fingerprint density at radius 1 is 1.36 bits per heavy atom. The first-order valence-electron chi connectivity index (χ1n) is 4.92. The van der Waals surface area contributed by atoms with E-state index in [0.717, 1.165) is 0 Å². The van der Waals surface area contributed by atoms with Gasteiger partial charge in [-0.3, -0.25) is 0 Å². The number of fused-ring (bicyclic) bond motifs is 1. The Morgan fingerprint density at radius 2 is 2.07 bits per heavy atom. The molecule has 2 heteroatoms. The predicted octanol–water partition coefficient (Wildman–Crippen LogP) is 2.51. The van der Waals surface area contributed by atoms with Crippen LogP contribution in [0.5, 0.6) is 0 Å². The lowest BCUT2D eigenvalue weighted by Crippen LogP contribution is -2.09. The normalized spacial score (nSPS) is 13.4. The van der Waals surface area contributed by atoms with Crippen molar-refractivity contribution in [2.45, 2.75) is 19.9 Å². The maximum Gasteiger partial charge on any atom is 0.0510 e. The van der Waals surface area contributed by atoms with Crippen molar-refractivity contribution in [3.63, 3.8) is 0 Å². The zero-order chi connectivity index (χ0) is 10.3. The van der Waals surface area contributed by atoms with Gasteiger partial charge in [0.05, 0.1) is 5.52 Å². The molecule has 1 aromatic carbocycles. The molecule has 0 aliphatic heterocycles. The summed E-state index contributed by atoms with van der Waals surface area (Å²) in [6.45, 7) is 4.15. The van der Waals surface area contributed by atoms with Gasteiger partial charge < -0.3 is 10.3 Å². The van der Waals surface area contributed by atoms with Crippen molar-refractivity contribution in [3.8, 4) is 0 Å². The number of nitrogens with zero attached hydrogens (tertiary/aromatic N) is 1. The Labute approximate surface area is 84.3 Å². The first kappa shape index (κ1) is 9.28. The number of rotatable bonds is 1. The van der Waals surface area contributed by atoms with E-state index in [2.05, 4.69) is 42.8 Å². The predicted molar refractivity (Wildman–Crippen MR) is 60.3 cm³/mol. The zero-order valence-corrected chi connectivity index (χ0v) is 8.91. The smallest absolute Gasteiger partial charge is 0.0510 e. The molecule has 1 aromatic heterocycles. The van der Waals surface area contributed by atoms with Gasteiger partial charge in [0.15, 0.2) is 0 Å². The van der Waals surface area contributed by atoms with Crippen molar-refractivity contribution in [1.82, 2.24) is 4.57 Å². The van der Waals surface area contributed by atoms with E-state index in [-0.39, 0.29) is 6.04 Å². The lowest BCUT2D eigenvalue weighted by atomic mass is 10.1. The van der Waals surface area contributed by atoms with E-state index in [9.17, 15) is 0 Å². The van der Waals surface area contributed by atoms with E-state index in [0.29, 0.717) is 0 Å². The number of aryl methyl sites for hydroxylation is 2. The molecule has 1 heterocycles. The van der Waals surface area contributed by atoms with Crippen molar-refractivity contribution in [3.05, 3.63) is 35.5 Å². The quantitative estimate of drug-likeness (QED) is 0.732. The standard InChI is InChI=1S/C12H16N2/c1-8-5-4-6-10-7-11(9(2)13)14(3)12(8)10/h4-7,9H,13H2,1-3H3/t9-/m1/s1. The van der Waals surface area contributed by atoms with Crippen LogP contribution in [0.4, 0.5) is 0 Å². The van der Waals surface area contributed by atoms with Crippen molar-refractivity contribution in [2.24, 2.45) is 12.8 Å². The highest BCUT2D eigenvalue weighted by molar-refractivity contribution is 5.84. The van der Waals surface area contributed by atoms with Gasteiger partial charge in [-0.15, -0.1) is 0 Å².